The molecule has 0 heterocycles. The molecule has 0 amide bonds. The molecule has 66 valence electrons. The average Bonchev–Trinajstić information content (AvgIpc) is 1.99. The van der Waals surface area contributed by atoms with Crippen molar-refractivity contribution in [1.82, 2.24) is 0 Å². The van der Waals surface area contributed by atoms with Crippen molar-refractivity contribution in [2.75, 3.05) is 13.2 Å². The predicted octanol–water partition coefficient (Wildman–Crippen LogP) is 1.80. The summed E-state index contributed by atoms with van der Waals surface area (Å²) in [5.74, 6) is 1.36. The Morgan fingerprint density at radius 1 is 1.45 bits per heavy atom. The van der Waals surface area contributed by atoms with Crippen molar-refractivity contribution in [1.29, 1.82) is 0 Å². The highest BCUT2D eigenvalue weighted by atomic mass is 16.5. The molecule has 0 saturated carbocycles. The zero-order valence-corrected chi connectivity index (χ0v) is 7.63. The zero-order valence-electron chi connectivity index (χ0n) is 7.63. The van der Waals surface area contributed by atoms with Gasteiger partial charge in [-0.3, -0.25) is 0 Å². The third-order valence-electron chi connectivity index (χ3n) is 1.51. The zero-order chi connectivity index (χ0) is 8.85. The first-order chi connectivity index (χ1) is 5.07. The van der Waals surface area contributed by atoms with Crippen LogP contribution in [-0.2, 0) is 4.74 Å². The van der Waals surface area contributed by atoms with Crippen LogP contribution in [0, 0.1) is 11.8 Å². The summed E-state index contributed by atoms with van der Waals surface area (Å²) in [6.07, 6.45) is 0. The van der Waals surface area contributed by atoms with E-state index >= 15 is 0 Å². The van der Waals surface area contributed by atoms with Crippen LogP contribution in [0.2, 0.25) is 0 Å². The van der Waals surface area contributed by atoms with Crippen molar-refractivity contribution >= 4 is 0 Å². The fraction of sp³-hybridized carbons (Fsp3) is 0.778. The quantitative estimate of drug-likeness (QED) is 0.618. The number of rotatable bonds is 5. The fourth-order valence-corrected chi connectivity index (χ4v) is 0.469. The van der Waals surface area contributed by atoms with Crippen LogP contribution in [0.5, 0.6) is 0 Å². The van der Waals surface area contributed by atoms with Crippen LogP contribution in [0.1, 0.15) is 20.8 Å². The Labute approximate surface area is 68.9 Å². The van der Waals surface area contributed by atoms with Gasteiger partial charge in [-0.05, 0) is 0 Å². The summed E-state index contributed by atoms with van der Waals surface area (Å²) in [7, 11) is 0. The number of allylic oxidation sites excluding steroid dienone is 1. The largest absolute Gasteiger partial charge is 0.498 e. The van der Waals surface area contributed by atoms with Gasteiger partial charge in [0.2, 0.25) is 0 Å². The molecule has 11 heavy (non-hydrogen) atoms. The van der Waals surface area contributed by atoms with Crippen molar-refractivity contribution in [3.05, 3.63) is 12.3 Å². The maximum atomic E-state index is 8.68. The highest BCUT2D eigenvalue weighted by molar-refractivity contribution is 4.86. The van der Waals surface area contributed by atoms with Crippen LogP contribution in [0.3, 0.4) is 0 Å². The first-order valence-corrected chi connectivity index (χ1v) is 4.00. The summed E-state index contributed by atoms with van der Waals surface area (Å²) in [6, 6.07) is 0. The van der Waals surface area contributed by atoms with Gasteiger partial charge in [-0.25, -0.2) is 0 Å². The summed E-state index contributed by atoms with van der Waals surface area (Å²) < 4.78 is 5.30. The molecule has 0 bridgehead atoms. The summed E-state index contributed by atoms with van der Waals surface area (Å²) in [5, 5.41) is 8.68. The van der Waals surface area contributed by atoms with E-state index in [1.165, 1.54) is 0 Å². The molecule has 0 fully saturated rings. The minimum Gasteiger partial charge on any atom is -0.498 e. The van der Waals surface area contributed by atoms with E-state index in [2.05, 4.69) is 6.58 Å². The third-order valence-corrected chi connectivity index (χ3v) is 1.51. The molecule has 0 saturated heterocycles. The Morgan fingerprint density at radius 3 is 2.36 bits per heavy atom. The molecule has 0 spiro atoms. The highest BCUT2D eigenvalue weighted by Crippen LogP contribution is 2.09. The van der Waals surface area contributed by atoms with Crippen LogP contribution < -0.4 is 0 Å². The Bertz CT molecular complexity index is 119. The number of hydrogen-bond donors (Lipinski definition) is 1. The number of aliphatic hydroxyl groups excluding tert-OH is 1. The normalized spacial score (nSPS) is 13.2. The van der Waals surface area contributed by atoms with Crippen LogP contribution in [0.15, 0.2) is 12.3 Å². The summed E-state index contributed by atoms with van der Waals surface area (Å²) in [6.45, 7) is 10.5. The van der Waals surface area contributed by atoms with E-state index in [4.69, 9.17) is 9.84 Å². The van der Waals surface area contributed by atoms with Gasteiger partial charge in [0.1, 0.15) is 0 Å². The standard InChI is InChI=1S/C9H18O2/c1-7(2)9(4)11-6-8(3)5-10/h7-8,10H,4-6H2,1-3H3. The molecular formula is C9H18O2. The van der Waals surface area contributed by atoms with Gasteiger partial charge in [0.25, 0.3) is 0 Å². The molecule has 1 N–H and O–H groups in total. The second kappa shape index (κ2) is 5.19. The topological polar surface area (TPSA) is 29.5 Å². The molecule has 0 aliphatic carbocycles. The first-order valence-electron chi connectivity index (χ1n) is 4.00. The summed E-state index contributed by atoms with van der Waals surface area (Å²) >= 11 is 0. The van der Waals surface area contributed by atoms with E-state index < -0.39 is 0 Å². The van der Waals surface area contributed by atoms with E-state index in [9.17, 15) is 0 Å². The van der Waals surface area contributed by atoms with Crippen LogP contribution in [0.25, 0.3) is 0 Å². The molecule has 2 nitrogen and oxygen atoms in total. The van der Waals surface area contributed by atoms with E-state index in [0.717, 1.165) is 5.76 Å². The van der Waals surface area contributed by atoms with Gasteiger partial charge < -0.3 is 9.84 Å². The molecule has 0 aromatic carbocycles. The third kappa shape index (κ3) is 4.85. The first kappa shape index (κ1) is 10.5. The average molecular weight is 158 g/mol. The molecule has 2 heteroatoms. The van der Waals surface area contributed by atoms with Gasteiger partial charge in [-0.15, -0.1) is 0 Å². The van der Waals surface area contributed by atoms with Gasteiger partial charge in [-0.2, -0.15) is 0 Å². The van der Waals surface area contributed by atoms with Crippen LogP contribution in [0.4, 0.5) is 0 Å². The van der Waals surface area contributed by atoms with E-state index in [1.807, 2.05) is 20.8 Å². The lowest BCUT2D eigenvalue weighted by Gasteiger charge is -2.14. The molecule has 1 unspecified atom stereocenters. The minimum absolute atomic E-state index is 0.172. The molecule has 0 rings (SSSR count). The monoisotopic (exact) mass is 158 g/mol. The van der Waals surface area contributed by atoms with Gasteiger partial charge in [0.05, 0.1) is 12.4 Å². The fourth-order valence-electron chi connectivity index (χ4n) is 0.469. The molecule has 1 atom stereocenters. The summed E-state index contributed by atoms with van der Waals surface area (Å²) in [5.41, 5.74) is 0. The van der Waals surface area contributed by atoms with Crippen molar-refractivity contribution in [3.8, 4) is 0 Å². The van der Waals surface area contributed by atoms with E-state index in [1.54, 1.807) is 0 Å². The highest BCUT2D eigenvalue weighted by Gasteiger charge is 2.04. The molecule has 0 aromatic heterocycles. The molecular weight excluding hydrogens is 140 g/mol. The second-order valence-corrected chi connectivity index (χ2v) is 3.22. The van der Waals surface area contributed by atoms with Gasteiger partial charge >= 0.3 is 0 Å². The van der Waals surface area contributed by atoms with Gasteiger partial charge in [-0.1, -0.05) is 27.4 Å². The number of aliphatic hydroxyl groups is 1. The summed E-state index contributed by atoms with van der Waals surface area (Å²) in [4.78, 5) is 0. The SMILES string of the molecule is C=C(OCC(C)CO)C(C)C. The van der Waals surface area contributed by atoms with Crippen molar-refractivity contribution < 1.29 is 9.84 Å². The molecule has 0 aliphatic heterocycles. The van der Waals surface area contributed by atoms with Crippen LogP contribution >= 0.6 is 0 Å². The number of hydrogen-bond acceptors (Lipinski definition) is 2. The smallest absolute Gasteiger partial charge is 0.0924 e. The van der Waals surface area contributed by atoms with Gasteiger partial charge in [0, 0.05) is 18.4 Å². The Hall–Kier alpha value is -0.500. The molecule has 0 aromatic rings. The molecule has 0 radical (unpaired) electrons. The predicted molar refractivity (Wildman–Crippen MR) is 46.2 cm³/mol. The Balaban J connectivity index is 3.46. The Morgan fingerprint density at radius 2 is 2.00 bits per heavy atom. The van der Waals surface area contributed by atoms with Crippen molar-refractivity contribution in [2.45, 2.75) is 20.8 Å². The maximum absolute atomic E-state index is 8.68. The maximum Gasteiger partial charge on any atom is 0.0924 e. The van der Waals surface area contributed by atoms with Crippen molar-refractivity contribution in [3.63, 3.8) is 0 Å². The lowest BCUT2D eigenvalue weighted by Crippen LogP contribution is -2.11. The van der Waals surface area contributed by atoms with E-state index in [0.29, 0.717) is 12.5 Å². The number of ether oxygens (including phenoxy) is 1. The minimum atomic E-state index is 0.172. The lowest BCUT2D eigenvalue weighted by molar-refractivity contribution is 0.115. The van der Waals surface area contributed by atoms with Gasteiger partial charge in [0.15, 0.2) is 0 Å². The lowest BCUT2D eigenvalue weighted by atomic mass is 10.2. The van der Waals surface area contributed by atoms with E-state index in [-0.39, 0.29) is 12.5 Å². The Kier molecular flexibility index (Phi) is 4.95. The second-order valence-electron chi connectivity index (χ2n) is 3.22. The van der Waals surface area contributed by atoms with Crippen LogP contribution in [-0.4, -0.2) is 18.3 Å². The van der Waals surface area contributed by atoms with Crippen molar-refractivity contribution in [2.24, 2.45) is 11.8 Å². The molecule has 0 aliphatic rings.